The molecular formula is C21H22ClN3O4. The summed E-state index contributed by atoms with van der Waals surface area (Å²) in [6, 6.07) is 11.9. The van der Waals surface area contributed by atoms with Crippen LogP contribution in [0.15, 0.2) is 42.5 Å². The van der Waals surface area contributed by atoms with Crippen LogP contribution in [-0.2, 0) is 9.59 Å². The third kappa shape index (κ3) is 4.35. The molecule has 0 bridgehead atoms. The van der Waals surface area contributed by atoms with E-state index in [9.17, 15) is 14.4 Å². The Morgan fingerprint density at radius 3 is 2.48 bits per heavy atom. The Morgan fingerprint density at radius 2 is 1.86 bits per heavy atom. The fourth-order valence-electron chi connectivity index (χ4n) is 3.10. The molecular weight excluding hydrogens is 394 g/mol. The topological polar surface area (TPSA) is 87.7 Å². The summed E-state index contributed by atoms with van der Waals surface area (Å²) >= 11 is 6.21. The van der Waals surface area contributed by atoms with Crippen LogP contribution in [0, 0.1) is 6.92 Å². The van der Waals surface area contributed by atoms with E-state index < -0.39 is 17.3 Å². The number of hydrogen-bond donors (Lipinski definition) is 2. The van der Waals surface area contributed by atoms with Gasteiger partial charge < -0.3 is 10.1 Å². The van der Waals surface area contributed by atoms with Crippen molar-refractivity contribution >= 4 is 35.0 Å². The molecule has 0 unspecified atom stereocenters. The quantitative estimate of drug-likeness (QED) is 0.560. The smallest absolute Gasteiger partial charge is 0.273 e. The summed E-state index contributed by atoms with van der Waals surface area (Å²) in [6.45, 7) is 5.48. The van der Waals surface area contributed by atoms with Crippen molar-refractivity contribution in [3.05, 3.63) is 59.2 Å². The third-order valence-electron chi connectivity index (χ3n) is 4.52. The maximum absolute atomic E-state index is 12.8. The molecule has 8 heteroatoms. The van der Waals surface area contributed by atoms with E-state index in [1.54, 1.807) is 19.1 Å². The van der Waals surface area contributed by atoms with Crippen molar-refractivity contribution in [2.45, 2.75) is 32.2 Å². The van der Waals surface area contributed by atoms with Crippen molar-refractivity contribution in [3.8, 4) is 5.75 Å². The zero-order valence-corrected chi connectivity index (χ0v) is 17.1. The minimum Gasteiger partial charge on any atom is -0.493 e. The lowest BCUT2D eigenvalue weighted by atomic mass is 9.94. The second-order valence-corrected chi connectivity index (χ2v) is 7.20. The molecule has 3 rings (SSSR count). The van der Waals surface area contributed by atoms with Crippen LogP contribution in [0.1, 0.15) is 41.4 Å². The lowest BCUT2D eigenvalue weighted by Gasteiger charge is -2.44. The maximum atomic E-state index is 12.8. The Hall–Kier alpha value is -3.06. The highest BCUT2D eigenvalue weighted by Gasteiger charge is 2.48. The Bertz CT molecular complexity index is 945. The highest BCUT2D eigenvalue weighted by atomic mass is 35.5. The van der Waals surface area contributed by atoms with Gasteiger partial charge in [-0.3, -0.25) is 19.8 Å². The van der Waals surface area contributed by atoms with Crippen molar-refractivity contribution < 1.29 is 19.1 Å². The SMILES string of the molecule is CCOc1cc(NC(C)=O)ccc1C(=O)NN1C(=O)[C@@H](Cl)[C@H]1c1ccc(C)cc1. The summed E-state index contributed by atoms with van der Waals surface area (Å²) in [5, 5.41) is 3.14. The first kappa shape index (κ1) is 20.7. The van der Waals surface area contributed by atoms with Gasteiger partial charge in [0.25, 0.3) is 11.8 Å². The number of anilines is 1. The Labute approximate surface area is 173 Å². The van der Waals surface area contributed by atoms with Crippen LogP contribution >= 0.6 is 11.6 Å². The number of hydrogen-bond acceptors (Lipinski definition) is 4. The molecule has 1 heterocycles. The molecule has 1 fully saturated rings. The van der Waals surface area contributed by atoms with Gasteiger partial charge in [0.15, 0.2) is 0 Å². The van der Waals surface area contributed by atoms with Gasteiger partial charge in [0.2, 0.25) is 5.91 Å². The average molecular weight is 416 g/mol. The number of rotatable bonds is 6. The van der Waals surface area contributed by atoms with E-state index in [1.165, 1.54) is 18.0 Å². The monoisotopic (exact) mass is 415 g/mol. The predicted octanol–water partition coefficient (Wildman–Crippen LogP) is 3.19. The van der Waals surface area contributed by atoms with Crippen molar-refractivity contribution in [1.29, 1.82) is 0 Å². The molecule has 0 aromatic heterocycles. The van der Waals surface area contributed by atoms with E-state index >= 15 is 0 Å². The van der Waals surface area contributed by atoms with Crippen molar-refractivity contribution in [1.82, 2.24) is 10.4 Å². The molecule has 2 aromatic carbocycles. The number of benzene rings is 2. The van der Waals surface area contributed by atoms with Gasteiger partial charge in [-0.2, -0.15) is 0 Å². The number of hydrazine groups is 1. The van der Waals surface area contributed by atoms with Crippen LogP contribution in [0.5, 0.6) is 5.75 Å². The third-order valence-corrected chi connectivity index (χ3v) is 4.94. The van der Waals surface area contributed by atoms with Crippen LogP contribution in [0.3, 0.4) is 0 Å². The van der Waals surface area contributed by atoms with Gasteiger partial charge in [-0.05, 0) is 31.5 Å². The number of alkyl halides is 1. The number of carbonyl (C=O) groups is 3. The van der Waals surface area contributed by atoms with Gasteiger partial charge in [0.05, 0.1) is 12.2 Å². The number of nitrogens with one attached hydrogen (secondary N) is 2. The van der Waals surface area contributed by atoms with Gasteiger partial charge in [-0.1, -0.05) is 29.8 Å². The normalized spacial score (nSPS) is 18.1. The number of β-lactam (4-membered cyclic amide) rings is 1. The molecule has 1 aliphatic heterocycles. The molecule has 1 aliphatic rings. The highest BCUT2D eigenvalue weighted by Crippen LogP contribution is 2.37. The number of aryl methyl sites for hydroxylation is 1. The minimum absolute atomic E-state index is 0.232. The molecule has 3 amide bonds. The van der Waals surface area contributed by atoms with E-state index in [4.69, 9.17) is 16.3 Å². The second-order valence-electron chi connectivity index (χ2n) is 6.73. The first-order valence-corrected chi connectivity index (χ1v) is 9.64. The molecule has 0 saturated carbocycles. The standard InChI is InChI=1S/C21H22ClN3O4/c1-4-29-17-11-15(23-13(3)26)9-10-16(17)20(27)24-25-19(18(22)21(25)28)14-7-5-12(2)6-8-14/h5-11,18-19H,4H2,1-3H3,(H,23,26)(H,24,27)/t18-,19+/m0/s1. The van der Waals surface area contributed by atoms with Crippen LogP contribution in [0.2, 0.25) is 0 Å². The molecule has 29 heavy (non-hydrogen) atoms. The number of halogens is 1. The number of nitrogens with zero attached hydrogens (tertiary/aromatic N) is 1. The summed E-state index contributed by atoms with van der Waals surface area (Å²) in [5.41, 5.74) is 5.30. The van der Waals surface area contributed by atoms with E-state index in [0.717, 1.165) is 11.1 Å². The molecule has 152 valence electrons. The van der Waals surface area contributed by atoms with Gasteiger partial charge in [0.1, 0.15) is 17.2 Å². The lowest BCUT2D eigenvalue weighted by molar-refractivity contribution is -0.149. The number of ether oxygens (including phenoxy) is 1. The van der Waals surface area contributed by atoms with Gasteiger partial charge in [-0.25, -0.2) is 5.01 Å². The average Bonchev–Trinajstić information content (AvgIpc) is 2.68. The first-order valence-electron chi connectivity index (χ1n) is 9.21. The Balaban J connectivity index is 1.82. The lowest BCUT2D eigenvalue weighted by Crippen LogP contribution is -2.63. The predicted molar refractivity (Wildman–Crippen MR) is 110 cm³/mol. The van der Waals surface area contributed by atoms with Crippen LogP contribution in [0.4, 0.5) is 5.69 Å². The van der Waals surface area contributed by atoms with E-state index in [2.05, 4.69) is 10.7 Å². The van der Waals surface area contributed by atoms with Crippen molar-refractivity contribution in [2.75, 3.05) is 11.9 Å². The van der Waals surface area contributed by atoms with E-state index in [-0.39, 0.29) is 17.4 Å². The van der Waals surface area contributed by atoms with Crippen LogP contribution in [0.25, 0.3) is 0 Å². The van der Waals surface area contributed by atoms with Gasteiger partial charge in [-0.15, -0.1) is 11.6 Å². The van der Waals surface area contributed by atoms with E-state index in [1.807, 2.05) is 31.2 Å². The maximum Gasteiger partial charge on any atom is 0.273 e. The van der Waals surface area contributed by atoms with E-state index in [0.29, 0.717) is 18.0 Å². The largest absolute Gasteiger partial charge is 0.493 e. The summed E-state index contributed by atoms with van der Waals surface area (Å²) in [6.07, 6.45) is 0. The zero-order valence-electron chi connectivity index (χ0n) is 16.4. The Kier molecular flexibility index (Phi) is 6.08. The molecule has 2 aromatic rings. The zero-order chi connectivity index (χ0) is 21.1. The Morgan fingerprint density at radius 1 is 1.17 bits per heavy atom. The molecule has 0 radical (unpaired) electrons. The van der Waals surface area contributed by atoms with Crippen molar-refractivity contribution in [3.63, 3.8) is 0 Å². The number of amides is 3. The first-order chi connectivity index (χ1) is 13.8. The van der Waals surface area contributed by atoms with Crippen LogP contribution < -0.4 is 15.5 Å². The summed E-state index contributed by atoms with van der Waals surface area (Å²) in [7, 11) is 0. The van der Waals surface area contributed by atoms with Gasteiger partial charge >= 0.3 is 0 Å². The fraction of sp³-hybridized carbons (Fsp3) is 0.286. The van der Waals surface area contributed by atoms with Crippen molar-refractivity contribution in [2.24, 2.45) is 0 Å². The molecule has 0 aliphatic carbocycles. The van der Waals surface area contributed by atoms with Crippen LogP contribution in [-0.4, -0.2) is 34.7 Å². The highest BCUT2D eigenvalue weighted by molar-refractivity contribution is 6.33. The molecule has 1 saturated heterocycles. The second kappa shape index (κ2) is 8.53. The summed E-state index contributed by atoms with van der Waals surface area (Å²) in [4.78, 5) is 36.4. The minimum atomic E-state index is -0.744. The summed E-state index contributed by atoms with van der Waals surface area (Å²) in [5.74, 6) is -0.807. The fourth-order valence-corrected chi connectivity index (χ4v) is 3.46. The molecule has 7 nitrogen and oxygen atoms in total. The molecule has 2 atom stereocenters. The number of carbonyl (C=O) groups excluding carboxylic acids is 3. The van der Waals surface area contributed by atoms with Gasteiger partial charge in [0, 0.05) is 18.7 Å². The molecule has 0 spiro atoms. The molecule has 2 N–H and O–H groups in total. The summed E-state index contributed by atoms with van der Waals surface area (Å²) < 4.78 is 5.54.